The van der Waals surface area contributed by atoms with Crippen LogP contribution in [0.15, 0.2) is 47.1 Å². The molecule has 1 aromatic heterocycles. The van der Waals surface area contributed by atoms with Gasteiger partial charge in [-0.3, -0.25) is 9.59 Å². The fourth-order valence-electron chi connectivity index (χ4n) is 2.12. The lowest BCUT2D eigenvalue weighted by Crippen LogP contribution is -2.43. The highest BCUT2D eigenvalue weighted by molar-refractivity contribution is 5.91. The summed E-state index contributed by atoms with van der Waals surface area (Å²) >= 11 is 0. The number of benzene rings is 1. The highest BCUT2D eigenvalue weighted by atomic mass is 16.4. The summed E-state index contributed by atoms with van der Waals surface area (Å²) in [6.07, 6.45) is 1.38. The van der Waals surface area contributed by atoms with E-state index in [9.17, 15) is 24.6 Å². The molecule has 0 saturated heterocycles. The van der Waals surface area contributed by atoms with Crippen molar-refractivity contribution in [2.24, 2.45) is 0 Å². The number of amides is 2. The minimum Gasteiger partial charge on any atom is -0.508 e. The van der Waals surface area contributed by atoms with E-state index in [1.165, 1.54) is 24.5 Å². The molecular formula is C17H18N2O6. The fourth-order valence-corrected chi connectivity index (χ4v) is 2.12. The minimum absolute atomic E-state index is 0.0525. The molecule has 2 aromatic rings. The van der Waals surface area contributed by atoms with Crippen molar-refractivity contribution in [3.05, 3.63) is 54.0 Å². The molecule has 0 radical (unpaired) electrons. The maximum Gasteiger partial charge on any atom is 0.326 e. The average Bonchev–Trinajstić information content (AvgIpc) is 3.10. The van der Waals surface area contributed by atoms with Crippen LogP contribution in [0.4, 0.5) is 0 Å². The summed E-state index contributed by atoms with van der Waals surface area (Å²) in [7, 11) is 0. The van der Waals surface area contributed by atoms with Gasteiger partial charge in [-0.2, -0.15) is 0 Å². The van der Waals surface area contributed by atoms with E-state index in [0.29, 0.717) is 5.56 Å². The normalized spacial score (nSPS) is 11.5. The Balaban J connectivity index is 1.80. The Kier molecular flexibility index (Phi) is 6.16. The van der Waals surface area contributed by atoms with Crippen LogP contribution in [0.2, 0.25) is 0 Å². The topological polar surface area (TPSA) is 129 Å². The van der Waals surface area contributed by atoms with Crippen molar-refractivity contribution in [1.29, 1.82) is 0 Å². The Labute approximate surface area is 143 Å². The molecule has 1 heterocycles. The van der Waals surface area contributed by atoms with Crippen LogP contribution in [0.3, 0.4) is 0 Å². The van der Waals surface area contributed by atoms with Gasteiger partial charge in [-0.15, -0.1) is 0 Å². The summed E-state index contributed by atoms with van der Waals surface area (Å²) in [4.78, 5) is 34.8. The van der Waals surface area contributed by atoms with Gasteiger partial charge in [0.15, 0.2) is 5.76 Å². The number of carbonyl (C=O) groups is 3. The van der Waals surface area contributed by atoms with Gasteiger partial charge in [-0.05, 0) is 29.8 Å². The number of carbonyl (C=O) groups excluding carboxylic acids is 2. The van der Waals surface area contributed by atoms with Crippen molar-refractivity contribution in [2.45, 2.75) is 18.9 Å². The standard InChI is InChI=1S/C17H18N2O6/c20-12-5-3-11(4-6-12)10-13(17(23)24)19-15(21)7-8-18-16(22)14-2-1-9-25-14/h1-6,9,13,20H,7-8,10H2,(H,18,22)(H,19,21)(H,23,24)/t13-/m1/s1. The molecule has 0 saturated carbocycles. The van der Waals surface area contributed by atoms with Crippen molar-refractivity contribution in [3.8, 4) is 5.75 Å². The zero-order valence-corrected chi connectivity index (χ0v) is 13.3. The molecule has 0 aliphatic rings. The summed E-state index contributed by atoms with van der Waals surface area (Å²) in [6, 6.07) is 8.02. The predicted molar refractivity (Wildman–Crippen MR) is 87.0 cm³/mol. The third-order valence-electron chi connectivity index (χ3n) is 3.39. The van der Waals surface area contributed by atoms with Crippen molar-refractivity contribution in [2.75, 3.05) is 6.54 Å². The van der Waals surface area contributed by atoms with Gasteiger partial charge in [0.05, 0.1) is 6.26 Å². The number of carboxylic acids is 1. The molecule has 1 atom stereocenters. The van der Waals surface area contributed by atoms with E-state index in [1.54, 1.807) is 18.2 Å². The Bertz CT molecular complexity index is 724. The van der Waals surface area contributed by atoms with E-state index in [1.807, 2.05) is 0 Å². The van der Waals surface area contributed by atoms with Crippen LogP contribution in [-0.4, -0.2) is 40.6 Å². The van der Waals surface area contributed by atoms with Crippen molar-refractivity contribution >= 4 is 17.8 Å². The largest absolute Gasteiger partial charge is 0.508 e. The van der Waals surface area contributed by atoms with Gasteiger partial charge in [-0.1, -0.05) is 12.1 Å². The molecule has 132 valence electrons. The van der Waals surface area contributed by atoms with Gasteiger partial charge in [0.1, 0.15) is 11.8 Å². The smallest absolute Gasteiger partial charge is 0.326 e. The number of phenols is 1. The first-order valence-electron chi connectivity index (χ1n) is 7.57. The van der Waals surface area contributed by atoms with E-state index in [4.69, 9.17) is 4.42 Å². The molecule has 8 nitrogen and oxygen atoms in total. The summed E-state index contributed by atoms with van der Waals surface area (Å²) in [5, 5.41) is 23.4. The van der Waals surface area contributed by atoms with Crippen LogP contribution in [0.1, 0.15) is 22.5 Å². The van der Waals surface area contributed by atoms with Crippen molar-refractivity contribution in [3.63, 3.8) is 0 Å². The summed E-state index contributed by atoms with van der Waals surface area (Å²) < 4.78 is 4.92. The molecule has 0 aliphatic heterocycles. The van der Waals surface area contributed by atoms with Gasteiger partial charge >= 0.3 is 5.97 Å². The highest BCUT2D eigenvalue weighted by Crippen LogP contribution is 2.11. The molecule has 2 amide bonds. The third kappa shape index (κ3) is 5.69. The van der Waals surface area contributed by atoms with Crippen molar-refractivity contribution in [1.82, 2.24) is 10.6 Å². The lowest BCUT2D eigenvalue weighted by Gasteiger charge is -2.15. The molecule has 4 N–H and O–H groups in total. The van der Waals surface area contributed by atoms with E-state index in [2.05, 4.69) is 10.6 Å². The van der Waals surface area contributed by atoms with Gasteiger partial charge in [0.25, 0.3) is 5.91 Å². The van der Waals surface area contributed by atoms with E-state index in [0.717, 1.165) is 0 Å². The molecule has 1 aromatic carbocycles. The summed E-state index contributed by atoms with van der Waals surface area (Å²) in [5.74, 6) is -1.90. The molecule has 0 spiro atoms. The number of hydrogen-bond donors (Lipinski definition) is 4. The number of rotatable bonds is 8. The zero-order chi connectivity index (χ0) is 18.2. The Morgan fingerprint density at radius 1 is 1.12 bits per heavy atom. The molecule has 0 fully saturated rings. The van der Waals surface area contributed by atoms with Gasteiger partial charge in [0.2, 0.25) is 5.91 Å². The van der Waals surface area contributed by atoms with Crippen LogP contribution in [0.25, 0.3) is 0 Å². The molecule has 25 heavy (non-hydrogen) atoms. The van der Waals surface area contributed by atoms with Crippen molar-refractivity contribution < 1.29 is 29.0 Å². The van der Waals surface area contributed by atoms with E-state index in [-0.39, 0.29) is 30.9 Å². The Hall–Kier alpha value is -3.29. The molecule has 0 bridgehead atoms. The lowest BCUT2D eigenvalue weighted by atomic mass is 10.1. The number of aliphatic carboxylic acids is 1. The summed E-state index contributed by atoms with van der Waals surface area (Å²) in [6.45, 7) is 0.0525. The molecule has 0 aliphatic carbocycles. The molecule has 2 rings (SSSR count). The first-order valence-corrected chi connectivity index (χ1v) is 7.57. The second kappa shape index (κ2) is 8.53. The van der Waals surface area contributed by atoms with Crippen LogP contribution >= 0.6 is 0 Å². The van der Waals surface area contributed by atoms with Crippen LogP contribution in [0, 0.1) is 0 Å². The average molecular weight is 346 g/mol. The Morgan fingerprint density at radius 2 is 1.84 bits per heavy atom. The van der Waals surface area contributed by atoms with Crippen LogP contribution < -0.4 is 10.6 Å². The number of hydrogen-bond acceptors (Lipinski definition) is 5. The Morgan fingerprint density at radius 3 is 2.44 bits per heavy atom. The van der Waals surface area contributed by atoms with Gasteiger partial charge < -0.3 is 25.3 Å². The van der Waals surface area contributed by atoms with Crippen LogP contribution in [-0.2, 0) is 16.0 Å². The maximum absolute atomic E-state index is 11.9. The van der Waals surface area contributed by atoms with E-state index < -0.39 is 23.8 Å². The zero-order valence-electron chi connectivity index (χ0n) is 13.3. The predicted octanol–water partition coefficient (Wildman–Crippen LogP) is 0.917. The molecule has 0 unspecified atom stereocenters. The molecular weight excluding hydrogens is 328 g/mol. The second-order valence-corrected chi connectivity index (χ2v) is 5.31. The SMILES string of the molecule is O=C(CCNC(=O)c1ccco1)N[C@H](Cc1ccc(O)cc1)C(=O)O. The first-order chi connectivity index (χ1) is 12.0. The number of nitrogens with one attached hydrogen (secondary N) is 2. The lowest BCUT2D eigenvalue weighted by molar-refractivity contribution is -0.141. The van der Waals surface area contributed by atoms with Crippen LogP contribution in [0.5, 0.6) is 5.75 Å². The third-order valence-corrected chi connectivity index (χ3v) is 3.39. The quantitative estimate of drug-likeness (QED) is 0.562. The second-order valence-electron chi connectivity index (χ2n) is 5.31. The first kappa shape index (κ1) is 18.1. The monoisotopic (exact) mass is 346 g/mol. The number of carboxylic acid groups (broad SMARTS) is 1. The van der Waals surface area contributed by atoms with E-state index >= 15 is 0 Å². The van der Waals surface area contributed by atoms with Gasteiger partial charge in [0, 0.05) is 19.4 Å². The highest BCUT2D eigenvalue weighted by Gasteiger charge is 2.20. The fraction of sp³-hybridized carbons (Fsp3) is 0.235. The van der Waals surface area contributed by atoms with Gasteiger partial charge in [-0.25, -0.2) is 4.79 Å². The number of aromatic hydroxyl groups is 1. The number of furan rings is 1. The molecule has 8 heteroatoms. The minimum atomic E-state index is -1.17. The summed E-state index contributed by atoms with van der Waals surface area (Å²) in [5.41, 5.74) is 0.664. The maximum atomic E-state index is 11.9. The number of phenolic OH excluding ortho intramolecular Hbond substituents is 1.